The largest absolute Gasteiger partial charge is 0.573 e. The van der Waals surface area contributed by atoms with Gasteiger partial charge in [0, 0.05) is 22.7 Å². The van der Waals surface area contributed by atoms with E-state index < -0.39 is 6.36 Å². The molecule has 2 amide bonds. The van der Waals surface area contributed by atoms with Gasteiger partial charge in [-0.2, -0.15) is 4.99 Å². The first-order chi connectivity index (χ1) is 21.9. The van der Waals surface area contributed by atoms with Gasteiger partial charge in [-0.05, 0) is 93.8 Å². The highest BCUT2D eigenvalue weighted by molar-refractivity contribution is 7.07. The molecule has 46 heavy (non-hydrogen) atoms. The molecule has 0 saturated heterocycles. The third kappa shape index (κ3) is 6.91. The molecule has 12 heteroatoms. The van der Waals surface area contributed by atoms with Crippen molar-refractivity contribution in [3.8, 4) is 28.5 Å². The Balaban J connectivity index is 1.09. The van der Waals surface area contributed by atoms with Crippen LogP contribution in [0.25, 0.3) is 22.8 Å². The lowest BCUT2D eigenvalue weighted by atomic mass is 9.96. The molecule has 2 unspecified atom stereocenters. The van der Waals surface area contributed by atoms with Crippen molar-refractivity contribution in [1.82, 2.24) is 24.6 Å². The molecule has 8 nitrogen and oxygen atoms in total. The van der Waals surface area contributed by atoms with E-state index >= 15 is 0 Å². The number of rotatable bonds is 6. The first kappa shape index (κ1) is 31.3. The number of amides is 2. The lowest BCUT2D eigenvalue weighted by Crippen LogP contribution is -2.32. The predicted octanol–water partition coefficient (Wildman–Crippen LogP) is 7.87. The summed E-state index contributed by atoms with van der Waals surface area (Å²) in [7, 11) is 0. The van der Waals surface area contributed by atoms with Crippen molar-refractivity contribution >= 4 is 17.4 Å². The van der Waals surface area contributed by atoms with Crippen LogP contribution in [0, 0.1) is 27.7 Å². The smallest absolute Gasteiger partial charge is 0.406 e. The molecule has 2 atom stereocenters. The van der Waals surface area contributed by atoms with Crippen LogP contribution in [0.1, 0.15) is 53.1 Å². The summed E-state index contributed by atoms with van der Waals surface area (Å²) in [6, 6.07) is 17.5. The maximum Gasteiger partial charge on any atom is 0.573 e. The van der Waals surface area contributed by atoms with Crippen LogP contribution < -0.4 is 14.9 Å². The van der Waals surface area contributed by atoms with Gasteiger partial charge in [-0.3, -0.25) is 4.57 Å². The molecular weight excluding hydrogens is 613 g/mol. The monoisotopic (exact) mass is 646 g/mol. The SMILES string of the molecule is Cc1cc(C)c(-n2c(C)cs/c2=N\C(=O)NC2CCC(c3ccc(-c4ncn(-c5ccc(OC(F)(F)F)cc5)n4)cc3)C2)c(C)c1. The van der Waals surface area contributed by atoms with Crippen molar-refractivity contribution in [3.05, 3.63) is 105 Å². The average molecular weight is 647 g/mol. The summed E-state index contributed by atoms with van der Waals surface area (Å²) in [5.41, 5.74) is 8.13. The number of nitrogens with one attached hydrogen (secondary N) is 1. The molecule has 238 valence electrons. The molecule has 1 fully saturated rings. The number of ether oxygens (including phenoxy) is 1. The highest BCUT2D eigenvalue weighted by Gasteiger charge is 2.31. The minimum Gasteiger partial charge on any atom is -0.406 e. The lowest BCUT2D eigenvalue weighted by molar-refractivity contribution is -0.274. The van der Waals surface area contributed by atoms with Crippen LogP contribution in [0.5, 0.6) is 5.75 Å². The van der Waals surface area contributed by atoms with Gasteiger partial charge in [0.15, 0.2) is 10.6 Å². The summed E-state index contributed by atoms with van der Waals surface area (Å²) in [5, 5.41) is 9.63. The molecule has 3 aromatic carbocycles. The normalized spacial score (nSPS) is 17.0. The molecular formula is C34H33F3N6O2S. The van der Waals surface area contributed by atoms with Crippen LogP contribution in [0.2, 0.25) is 0 Å². The number of hydrogen-bond acceptors (Lipinski definition) is 5. The first-order valence-electron chi connectivity index (χ1n) is 14.9. The Hall–Kier alpha value is -4.71. The number of thiazole rings is 1. The second-order valence-corrected chi connectivity index (χ2v) is 12.5. The predicted molar refractivity (Wildman–Crippen MR) is 171 cm³/mol. The summed E-state index contributed by atoms with van der Waals surface area (Å²) in [5.74, 6) is 0.496. The fourth-order valence-corrected chi connectivity index (χ4v) is 7.06. The van der Waals surface area contributed by atoms with Crippen LogP contribution >= 0.6 is 11.3 Å². The second kappa shape index (κ2) is 12.6. The first-order valence-corrected chi connectivity index (χ1v) is 15.8. The highest BCUT2D eigenvalue weighted by atomic mass is 32.1. The zero-order chi connectivity index (χ0) is 32.6. The summed E-state index contributed by atoms with van der Waals surface area (Å²) < 4.78 is 44.8. The van der Waals surface area contributed by atoms with E-state index in [1.807, 2.05) is 24.4 Å². The number of hydrogen-bond donors (Lipinski definition) is 1. The Morgan fingerprint density at radius 1 is 1.00 bits per heavy atom. The van der Waals surface area contributed by atoms with Crippen molar-refractivity contribution in [1.29, 1.82) is 0 Å². The Morgan fingerprint density at radius 2 is 1.70 bits per heavy atom. The van der Waals surface area contributed by atoms with Crippen molar-refractivity contribution < 1.29 is 22.7 Å². The highest BCUT2D eigenvalue weighted by Crippen LogP contribution is 2.35. The number of aryl methyl sites for hydroxylation is 4. The number of nitrogens with zero attached hydrogens (tertiary/aromatic N) is 5. The number of carbonyl (C=O) groups is 1. The fourth-order valence-electron chi connectivity index (χ4n) is 6.20. The van der Waals surface area contributed by atoms with Gasteiger partial charge < -0.3 is 10.1 Å². The van der Waals surface area contributed by atoms with E-state index in [1.54, 1.807) is 0 Å². The van der Waals surface area contributed by atoms with Crippen LogP contribution in [0.4, 0.5) is 18.0 Å². The standard InChI is InChI=1S/C34H33F3N6O2S/c1-20-15-21(2)30(22(3)16-20)43-23(4)18-46-33(43)40-32(44)39-27-10-9-26(17-27)24-5-7-25(8-6-24)31-38-19-42(41-31)28-11-13-29(14-12-28)45-34(35,36)37/h5-8,11-16,18-19,26-27H,9-10,17H2,1-4H3,(H,39,44)/b40-33-. The summed E-state index contributed by atoms with van der Waals surface area (Å²) in [6.07, 6.45) is -0.593. The Morgan fingerprint density at radius 3 is 2.37 bits per heavy atom. The minimum atomic E-state index is -4.74. The Labute approximate surface area is 268 Å². The molecule has 2 heterocycles. The second-order valence-electron chi connectivity index (χ2n) is 11.7. The molecule has 0 radical (unpaired) electrons. The summed E-state index contributed by atoms with van der Waals surface area (Å²) in [6.45, 7) is 8.28. The molecule has 0 aliphatic heterocycles. The zero-order valence-electron chi connectivity index (χ0n) is 25.8. The van der Waals surface area contributed by atoms with Crippen molar-refractivity contribution in [2.45, 2.75) is 65.3 Å². The molecule has 2 aromatic heterocycles. The quantitative estimate of drug-likeness (QED) is 0.204. The number of benzene rings is 3. The topological polar surface area (TPSA) is 86.3 Å². The lowest BCUT2D eigenvalue weighted by Gasteiger charge is -2.15. The third-order valence-corrected chi connectivity index (χ3v) is 9.11. The van der Waals surface area contributed by atoms with E-state index in [4.69, 9.17) is 0 Å². The van der Waals surface area contributed by atoms with Crippen LogP contribution in [-0.2, 0) is 0 Å². The molecule has 0 bridgehead atoms. The maximum absolute atomic E-state index is 13.1. The molecule has 1 saturated carbocycles. The number of halogens is 3. The molecule has 1 N–H and O–H groups in total. The summed E-state index contributed by atoms with van der Waals surface area (Å²) in [4.78, 5) is 22.6. The number of aromatic nitrogens is 4. The van der Waals surface area contributed by atoms with Crippen LogP contribution in [0.15, 0.2) is 77.4 Å². The van der Waals surface area contributed by atoms with Gasteiger partial charge >= 0.3 is 12.4 Å². The van der Waals surface area contributed by atoms with Crippen LogP contribution in [0.3, 0.4) is 0 Å². The molecule has 0 spiro atoms. The van der Waals surface area contributed by atoms with E-state index in [1.165, 1.54) is 57.7 Å². The molecule has 5 aromatic rings. The third-order valence-electron chi connectivity index (χ3n) is 8.16. The Kier molecular flexibility index (Phi) is 8.56. The van der Waals surface area contributed by atoms with Crippen molar-refractivity contribution in [2.24, 2.45) is 4.99 Å². The minimum absolute atomic E-state index is 0.0311. The van der Waals surface area contributed by atoms with Gasteiger partial charge in [0.25, 0.3) is 0 Å². The van der Waals surface area contributed by atoms with Gasteiger partial charge in [-0.15, -0.1) is 29.6 Å². The van der Waals surface area contributed by atoms with E-state index in [-0.39, 0.29) is 17.8 Å². The number of urea groups is 1. The van der Waals surface area contributed by atoms with Crippen molar-refractivity contribution in [3.63, 3.8) is 0 Å². The molecule has 1 aliphatic rings. The van der Waals surface area contributed by atoms with Gasteiger partial charge in [0.1, 0.15) is 12.1 Å². The van der Waals surface area contributed by atoms with Gasteiger partial charge in [-0.25, -0.2) is 14.5 Å². The summed E-state index contributed by atoms with van der Waals surface area (Å²) >= 11 is 1.46. The van der Waals surface area contributed by atoms with E-state index in [0.717, 1.165) is 47.3 Å². The maximum atomic E-state index is 13.1. The van der Waals surface area contributed by atoms with E-state index in [0.29, 0.717) is 22.2 Å². The number of alkyl halides is 3. The van der Waals surface area contributed by atoms with E-state index in [9.17, 15) is 18.0 Å². The average Bonchev–Trinajstić information content (AvgIpc) is 3.74. The number of carbonyl (C=O) groups excluding carboxylic acids is 1. The molecule has 1 aliphatic carbocycles. The molecule has 6 rings (SSSR count). The van der Waals surface area contributed by atoms with E-state index in [2.05, 4.69) is 74.7 Å². The fraction of sp³-hybridized carbons (Fsp3) is 0.294. The van der Waals surface area contributed by atoms with Crippen LogP contribution in [-0.4, -0.2) is 37.8 Å². The van der Waals surface area contributed by atoms with Crippen molar-refractivity contribution in [2.75, 3.05) is 0 Å². The van der Waals surface area contributed by atoms with Gasteiger partial charge in [0.05, 0.1) is 11.4 Å². The zero-order valence-corrected chi connectivity index (χ0v) is 26.6. The van der Waals surface area contributed by atoms with Gasteiger partial charge in [0.2, 0.25) is 0 Å². The Bertz CT molecular complexity index is 1920. The van der Waals surface area contributed by atoms with Gasteiger partial charge in [-0.1, -0.05) is 42.0 Å².